The molecule has 7 nitrogen and oxygen atoms in total. The largest absolute Gasteiger partial charge is 0.493 e. The fourth-order valence-electron chi connectivity index (χ4n) is 1.18. The second-order valence-corrected chi connectivity index (χ2v) is 4.12. The highest BCUT2D eigenvalue weighted by Crippen LogP contribution is 2.23. The Labute approximate surface area is 136 Å². The van der Waals surface area contributed by atoms with Crippen molar-refractivity contribution in [3.63, 3.8) is 0 Å². The maximum Gasteiger partial charge on any atom is 0.448 e. The molecular weight excluding hydrogens is 333 g/mol. The summed E-state index contributed by atoms with van der Waals surface area (Å²) < 4.78 is 48.0. The first kappa shape index (κ1) is 21.4. The van der Waals surface area contributed by atoms with Crippen LogP contribution in [0.15, 0.2) is 30.8 Å². The van der Waals surface area contributed by atoms with Gasteiger partial charge in [0.15, 0.2) is 18.5 Å². The predicted molar refractivity (Wildman–Crippen MR) is 74.6 cm³/mol. The number of aromatic nitrogens is 2. The number of hydrogen-bond donors (Lipinski definition) is 0. The summed E-state index contributed by atoms with van der Waals surface area (Å²) in [6, 6.07) is 1.58. The zero-order chi connectivity index (χ0) is 18.8. The zero-order valence-electron chi connectivity index (χ0n) is 13.4. The van der Waals surface area contributed by atoms with Crippen molar-refractivity contribution < 1.29 is 41.7 Å². The monoisotopic (exact) mass is 351 g/mol. The molecular formula is C14H18F3N2O5+. The van der Waals surface area contributed by atoms with E-state index in [1.54, 1.807) is 16.9 Å². The number of hydrogen-bond acceptors (Lipinski definition) is 6. The van der Waals surface area contributed by atoms with E-state index in [1.165, 1.54) is 20.4 Å². The van der Waals surface area contributed by atoms with Crippen molar-refractivity contribution in [1.29, 1.82) is 0 Å². The lowest BCUT2D eigenvalue weighted by Crippen LogP contribution is -2.38. The topological polar surface area (TPSA) is 78.6 Å². The maximum absolute atomic E-state index is 11.2. The Morgan fingerprint density at radius 1 is 1.21 bits per heavy atom. The minimum Gasteiger partial charge on any atom is -0.493 e. The van der Waals surface area contributed by atoms with E-state index >= 15 is 0 Å². The van der Waals surface area contributed by atoms with E-state index in [2.05, 4.69) is 25.9 Å². The van der Waals surface area contributed by atoms with E-state index in [0.717, 1.165) is 7.11 Å². The number of halogens is 3. The Kier molecular flexibility index (Phi) is 9.06. The van der Waals surface area contributed by atoms with Crippen LogP contribution in [0.4, 0.5) is 13.2 Å². The molecule has 1 rings (SSSR count). The van der Waals surface area contributed by atoms with Gasteiger partial charge < -0.3 is 14.2 Å². The standard InChI is InChI=1S/C10H13N2O4.C4H5F3O/c1-15-9(13)4-6-12-5-3-8(7-11-12)10(14)16-2;1-3(8-2)4(5,6)7/h3,5,7H,4,6H2,1-2H3;1H2,2H3/q+1;. The Morgan fingerprint density at radius 3 is 2.17 bits per heavy atom. The number of rotatable bonds is 5. The van der Waals surface area contributed by atoms with Crippen molar-refractivity contribution >= 4 is 11.9 Å². The van der Waals surface area contributed by atoms with Crippen molar-refractivity contribution in [2.24, 2.45) is 0 Å². The average molecular weight is 351 g/mol. The highest BCUT2D eigenvalue weighted by atomic mass is 19.4. The summed E-state index contributed by atoms with van der Waals surface area (Å²) in [4.78, 5) is 22.0. The summed E-state index contributed by atoms with van der Waals surface area (Å²) in [5.41, 5.74) is 0.372. The van der Waals surface area contributed by atoms with Gasteiger partial charge in [0.1, 0.15) is 12.6 Å². The molecule has 0 aromatic carbocycles. The molecule has 0 radical (unpaired) electrons. The third-order valence-electron chi connectivity index (χ3n) is 2.53. The average Bonchev–Trinajstić information content (AvgIpc) is 2.58. The Balaban J connectivity index is 0.000000561. The van der Waals surface area contributed by atoms with Gasteiger partial charge in [0, 0.05) is 6.07 Å². The predicted octanol–water partition coefficient (Wildman–Crippen LogP) is 1.43. The second kappa shape index (κ2) is 10.2. The number of esters is 2. The van der Waals surface area contributed by atoms with Crippen LogP contribution in [0, 0.1) is 0 Å². The van der Waals surface area contributed by atoms with E-state index in [1.807, 2.05) is 0 Å². The third kappa shape index (κ3) is 8.11. The van der Waals surface area contributed by atoms with Gasteiger partial charge >= 0.3 is 18.1 Å². The summed E-state index contributed by atoms with van der Waals surface area (Å²) in [7, 11) is 3.57. The first-order chi connectivity index (χ1) is 11.1. The molecule has 0 spiro atoms. The molecule has 1 aromatic rings. The summed E-state index contributed by atoms with van der Waals surface area (Å²) >= 11 is 0. The number of nitrogens with zero attached hydrogens (tertiary/aromatic N) is 2. The van der Waals surface area contributed by atoms with E-state index in [9.17, 15) is 22.8 Å². The normalized spacial score (nSPS) is 10.1. The maximum atomic E-state index is 11.2. The van der Waals surface area contributed by atoms with Crippen molar-refractivity contribution in [1.82, 2.24) is 5.10 Å². The fraction of sp³-hybridized carbons (Fsp3) is 0.429. The Hall–Kier alpha value is -2.65. The van der Waals surface area contributed by atoms with Crippen LogP contribution in [0.3, 0.4) is 0 Å². The molecule has 0 unspecified atom stereocenters. The number of aryl methyl sites for hydroxylation is 1. The van der Waals surface area contributed by atoms with Crippen molar-refractivity contribution in [3.8, 4) is 0 Å². The molecule has 0 amide bonds. The van der Waals surface area contributed by atoms with Gasteiger partial charge in [-0.15, -0.1) is 0 Å². The smallest absolute Gasteiger partial charge is 0.448 e. The fourth-order valence-corrected chi connectivity index (χ4v) is 1.18. The minimum atomic E-state index is -4.41. The summed E-state index contributed by atoms with van der Waals surface area (Å²) in [5.74, 6) is -1.91. The highest BCUT2D eigenvalue weighted by molar-refractivity contribution is 5.88. The van der Waals surface area contributed by atoms with Crippen LogP contribution in [0.1, 0.15) is 16.8 Å². The van der Waals surface area contributed by atoms with E-state index in [-0.39, 0.29) is 12.4 Å². The third-order valence-corrected chi connectivity index (χ3v) is 2.53. The molecule has 0 bridgehead atoms. The van der Waals surface area contributed by atoms with Gasteiger partial charge in [-0.2, -0.15) is 13.2 Å². The minimum absolute atomic E-state index is 0.242. The van der Waals surface area contributed by atoms with E-state index in [4.69, 9.17) is 0 Å². The molecule has 24 heavy (non-hydrogen) atoms. The molecule has 0 saturated carbocycles. The first-order valence-electron chi connectivity index (χ1n) is 6.46. The Morgan fingerprint density at radius 2 is 1.83 bits per heavy atom. The van der Waals surface area contributed by atoms with Crippen molar-refractivity contribution in [2.45, 2.75) is 19.1 Å². The van der Waals surface area contributed by atoms with Gasteiger partial charge in [0.25, 0.3) is 0 Å². The molecule has 0 aliphatic heterocycles. The first-order valence-corrected chi connectivity index (χ1v) is 6.46. The number of carbonyl (C=O) groups is 2. The van der Waals surface area contributed by atoms with Gasteiger partial charge in [0.05, 0.1) is 26.9 Å². The number of methoxy groups -OCH3 is 3. The number of ether oxygens (including phenoxy) is 3. The van der Waals surface area contributed by atoms with Crippen LogP contribution >= 0.6 is 0 Å². The van der Waals surface area contributed by atoms with Crippen LogP contribution in [0.5, 0.6) is 0 Å². The molecule has 10 heteroatoms. The molecule has 0 N–H and O–H groups in total. The number of allylic oxidation sites excluding steroid dienone is 1. The van der Waals surface area contributed by atoms with Gasteiger partial charge in [-0.05, 0) is 5.10 Å². The van der Waals surface area contributed by atoms with Gasteiger partial charge in [-0.25, -0.2) is 4.79 Å². The summed E-state index contributed by atoms with van der Waals surface area (Å²) in [5, 5.41) is 3.96. The van der Waals surface area contributed by atoms with Crippen LogP contribution < -0.4 is 4.68 Å². The lowest BCUT2D eigenvalue weighted by molar-refractivity contribution is -0.753. The molecule has 1 heterocycles. The SMILES string of the molecule is C=C(OC)C(F)(F)F.COC(=O)CC[n+]1ccc(C(=O)OC)cn1. The zero-order valence-corrected chi connectivity index (χ0v) is 13.4. The van der Waals surface area contributed by atoms with Crippen molar-refractivity contribution in [2.75, 3.05) is 21.3 Å². The molecule has 134 valence electrons. The molecule has 0 saturated heterocycles. The Bertz CT molecular complexity index is 559. The van der Waals surface area contributed by atoms with E-state index in [0.29, 0.717) is 12.1 Å². The molecule has 0 aliphatic carbocycles. The summed E-state index contributed by atoms with van der Waals surface area (Å²) in [6.45, 7) is 3.01. The van der Waals surface area contributed by atoms with Crippen LogP contribution in [0.25, 0.3) is 0 Å². The van der Waals surface area contributed by atoms with Crippen molar-refractivity contribution in [3.05, 3.63) is 36.4 Å². The van der Waals surface area contributed by atoms with E-state index < -0.39 is 17.9 Å². The highest BCUT2D eigenvalue weighted by Gasteiger charge is 2.33. The van der Waals surface area contributed by atoms with Crippen LogP contribution in [-0.2, 0) is 25.5 Å². The molecule has 0 aliphatic rings. The quantitative estimate of drug-likeness (QED) is 0.454. The van der Waals surface area contributed by atoms with Gasteiger partial charge in [-0.3, -0.25) is 4.79 Å². The molecule has 0 atom stereocenters. The summed E-state index contributed by atoms with van der Waals surface area (Å²) in [6.07, 6.45) is -1.17. The van der Waals surface area contributed by atoms with Crippen LogP contribution in [0.2, 0.25) is 0 Å². The number of carbonyl (C=O) groups excluding carboxylic acids is 2. The van der Waals surface area contributed by atoms with Gasteiger partial charge in [0.2, 0.25) is 0 Å². The lowest BCUT2D eigenvalue weighted by Gasteiger charge is -2.06. The molecule has 0 fully saturated rings. The second-order valence-electron chi connectivity index (χ2n) is 4.12. The van der Waals surface area contributed by atoms with Crippen LogP contribution in [-0.4, -0.2) is 44.5 Å². The molecule has 1 aromatic heterocycles. The van der Waals surface area contributed by atoms with Gasteiger partial charge in [-0.1, -0.05) is 11.3 Å². The number of alkyl halides is 3. The lowest BCUT2D eigenvalue weighted by atomic mass is 10.3.